The summed E-state index contributed by atoms with van der Waals surface area (Å²) in [5.74, 6) is 0.386. The molecule has 1 aromatic rings. The lowest BCUT2D eigenvalue weighted by Crippen LogP contribution is -2.38. The summed E-state index contributed by atoms with van der Waals surface area (Å²) >= 11 is 0. The van der Waals surface area contributed by atoms with E-state index >= 15 is 0 Å². The first-order chi connectivity index (χ1) is 11.6. The summed E-state index contributed by atoms with van der Waals surface area (Å²) in [6, 6.07) is 3.60. The first kappa shape index (κ1) is 19.9. The second kappa shape index (κ2) is 7.86. The van der Waals surface area contributed by atoms with Crippen LogP contribution in [0.4, 0.5) is 4.39 Å². The van der Waals surface area contributed by atoms with Crippen molar-refractivity contribution in [3.8, 4) is 5.75 Å². The van der Waals surface area contributed by atoms with Crippen LogP contribution in [0.3, 0.4) is 0 Å². The van der Waals surface area contributed by atoms with E-state index in [9.17, 15) is 9.18 Å². The molecule has 0 N–H and O–H groups in total. The van der Waals surface area contributed by atoms with Gasteiger partial charge in [0.05, 0.1) is 12.7 Å². The van der Waals surface area contributed by atoms with Crippen molar-refractivity contribution in [2.24, 2.45) is 5.92 Å². The SMILES string of the molecule is COc1cc(C(=O)CC2CCN(C(C)C)CC2)c(F)cc1C(C)(C)C. The average molecular weight is 349 g/mol. The molecule has 0 atom stereocenters. The van der Waals surface area contributed by atoms with Crippen LogP contribution in [-0.4, -0.2) is 36.9 Å². The predicted molar refractivity (Wildman–Crippen MR) is 100 cm³/mol. The predicted octanol–water partition coefficient (Wildman–Crippen LogP) is 4.83. The number of halogens is 1. The van der Waals surface area contributed by atoms with E-state index in [-0.39, 0.29) is 16.8 Å². The van der Waals surface area contributed by atoms with Crippen molar-refractivity contribution < 1.29 is 13.9 Å². The van der Waals surface area contributed by atoms with Crippen LogP contribution in [0.2, 0.25) is 0 Å². The summed E-state index contributed by atoms with van der Waals surface area (Å²) < 4.78 is 20.0. The highest BCUT2D eigenvalue weighted by atomic mass is 19.1. The van der Waals surface area contributed by atoms with Gasteiger partial charge in [-0.15, -0.1) is 0 Å². The van der Waals surface area contributed by atoms with Gasteiger partial charge in [-0.25, -0.2) is 4.39 Å². The topological polar surface area (TPSA) is 29.5 Å². The van der Waals surface area contributed by atoms with Crippen molar-refractivity contribution in [3.63, 3.8) is 0 Å². The molecule has 0 bridgehead atoms. The number of carbonyl (C=O) groups excluding carboxylic acids is 1. The average Bonchev–Trinajstić information content (AvgIpc) is 2.54. The Morgan fingerprint density at radius 3 is 2.36 bits per heavy atom. The van der Waals surface area contributed by atoms with Gasteiger partial charge < -0.3 is 9.64 Å². The van der Waals surface area contributed by atoms with Crippen molar-refractivity contribution in [1.29, 1.82) is 0 Å². The number of hydrogen-bond donors (Lipinski definition) is 0. The van der Waals surface area contributed by atoms with Gasteiger partial charge in [-0.05, 0) is 63.2 Å². The van der Waals surface area contributed by atoms with Crippen molar-refractivity contribution in [1.82, 2.24) is 4.90 Å². The van der Waals surface area contributed by atoms with Gasteiger partial charge in [0.1, 0.15) is 11.6 Å². The van der Waals surface area contributed by atoms with Crippen LogP contribution in [0.1, 0.15) is 69.8 Å². The van der Waals surface area contributed by atoms with Crippen LogP contribution in [-0.2, 0) is 5.41 Å². The number of rotatable bonds is 5. The van der Waals surface area contributed by atoms with E-state index in [4.69, 9.17) is 4.74 Å². The molecular formula is C21H32FNO2. The van der Waals surface area contributed by atoms with Crippen LogP contribution < -0.4 is 4.74 Å². The summed E-state index contributed by atoms with van der Waals surface area (Å²) in [4.78, 5) is 15.1. The van der Waals surface area contributed by atoms with Gasteiger partial charge in [-0.1, -0.05) is 20.8 Å². The molecule has 1 aromatic carbocycles. The first-order valence-electron chi connectivity index (χ1n) is 9.28. The van der Waals surface area contributed by atoms with Crippen LogP contribution >= 0.6 is 0 Å². The lowest BCUT2D eigenvalue weighted by Gasteiger charge is -2.34. The molecule has 0 aromatic heterocycles. The Bertz CT molecular complexity index is 611. The normalized spacial score (nSPS) is 17.1. The zero-order valence-electron chi connectivity index (χ0n) is 16.5. The molecule has 4 heteroatoms. The number of Topliss-reactive ketones (excluding diaryl/α,β-unsaturated/α-hetero) is 1. The third-order valence-electron chi connectivity index (χ3n) is 5.25. The number of piperidine rings is 1. The summed E-state index contributed by atoms with van der Waals surface area (Å²) in [6.07, 6.45) is 2.42. The molecule has 3 nitrogen and oxygen atoms in total. The molecule has 0 aliphatic carbocycles. The Balaban J connectivity index is 2.12. The van der Waals surface area contributed by atoms with Gasteiger partial charge in [-0.3, -0.25) is 4.79 Å². The molecule has 0 unspecified atom stereocenters. The largest absolute Gasteiger partial charge is 0.496 e. The van der Waals surface area contributed by atoms with Crippen molar-refractivity contribution in [3.05, 3.63) is 29.1 Å². The lowest BCUT2D eigenvalue weighted by atomic mass is 9.84. The van der Waals surface area contributed by atoms with Gasteiger partial charge in [0.15, 0.2) is 5.78 Å². The number of hydrogen-bond acceptors (Lipinski definition) is 3. The highest BCUT2D eigenvalue weighted by molar-refractivity contribution is 5.97. The number of ether oxygens (including phenoxy) is 1. The number of nitrogens with zero attached hydrogens (tertiary/aromatic N) is 1. The van der Waals surface area contributed by atoms with E-state index in [0.29, 0.717) is 24.1 Å². The lowest BCUT2D eigenvalue weighted by molar-refractivity contribution is 0.0908. The second-order valence-corrected chi connectivity index (χ2v) is 8.48. The second-order valence-electron chi connectivity index (χ2n) is 8.48. The Morgan fingerprint density at radius 2 is 1.88 bits per heavy atom. The zero-order chi connectivity index (χ0) is 18.8. The van der Waals surface area contributed by atoms with Crippen LogP contribution in [0, 0.1) is 11.7 Å². The maximum absolute atomic E-state index is 14.6. The zero-order valence-corrected chi connectivity index (χ0v) is 16.5. The molecule has 1 saturated heterocycles. The van der Waals surface area contributed by atoms with Gasteiger partial charge in [0, 0.05) is 18.0 Å². The summed E-state index contributed by atoms with van der Waals surface area (Å²) in [6.45, 7) is 12.5. The molecule has 1 aliphatic heterocycles. The molecule has 0 amide bonds. The van der Waals surface area contributed by atoms with E-state index in [0.717, 1.165) is 31.5 Å². The standard InChI is InChI=1S/C21H32FNO2/c1-14(2)23-9-7-15(8-10-23)11-19(24)16-12-20(25-6)17(13-18(16)22)21(3,4)5/h12-15H,7-11H2,1-6H3. The Hall–Kier alpha value is -1.42. The van der Waals surface area contributed by atoms with Crippen molar-refractivity contribution >= 4 is 5.78 Å². The molecule has 0 saturated carbocycles. The third-order valence-corrected chi connectivity index (χ3v) is 5.25. The summed E-state index contributed by atoms with van der Waals surface area (Å²) in [5, 5.41) is 0. The number of benzene rings is 1. The molecule has 0 spiro atoms. The molecule has 1 fully saturated rings. The highest BCUT2D eigenvalue weighted by Gasteiger charge is 2.27. The molecule has 1 aliphatic rings. The number of carbonyl (C=O) groups is 1. The van der Waals surface area contributed by atoms with Crippen LogP contribution in [0.5, 0.6) is 5.75 Å². The minimum absolute atomic E-state index is 0.112. The fraction of sp³-hybridized carbons (Fsp3) is 0.667. The minimum Gasteiger partial charge on any atom is -0.496 e. The fourth-order valence-corrected chi connectivity index (χ4v) is 3.57. The van der Waals surface area contributed by atoms with Gasteiger partial charge >= 0.3 is 0 Å². The van der Waals surface area contributed by atoms with Crippen molar-refractivity contribution in [2.45, 2.75) is 65.3 Å². The fourth-order valence-electron chi connectivity index (χ4n) is 3.57. The molecule has 140 valence electrons. The number of likely N-dealkylation sites (tertiary alicyclic amines) is 1. The number of methoxy groups -OCH3 is 1. The Morgan fingerprint density at radius 1 is 1.28 bits per heavy atom. The maximum atomic E-state index is 14.6. The molecule has 2 rings (SSSR count). The molecular weight excluding hydrogens is 317 g/mol. The van der Waals surface area contributed by atoms with Gasteiger partial charge in [0.25, 0.3) is 0 Å². The van der Waals surface area contributed by atoms with E-state index in [1.165, 1.54) is 6.07 Å². The van der Waals surface area contributed by atoms with Crippen molar-refractivity contribution in [2.75, 3.05) is 20.2 Å². The highest BCUT2D eigenvalue weighted by Crippen LogP contribution is 2.34. The molecule has 1 heterocycles. The van der Waals surface area contributed by atoms with E-state index in [1.54, 1.807) is 13.2 Å². The summed E-state index contributed by atoms with van der Waals surface area (Å²) in [7, 11) is 1.57. The van der Waals surface area contributed by atoms with E-state index < -0.39 is 5.82 Å². The molecule has 0 radical (unpaired) electrons. The van der Waals surface area contributed by atoms with E-state index in [1.807, 2.05) is 20.8 Å². The third kappa shape index (κ3) is 4.81. The van der Waals surface area contributed by atoms with Crippen LogP contribution in [0.15, 0.2) is 12.1 Å². The van der Waals surface area contributed by atoms with Gasteiger partial charge in [0.2, 0.25) is 0 Å². The monoisotopic (exact) mass is 349 g/mol. The smallest absolute Gasteiger partial charge is 0.166 e. The Labute approximate surface area is 151 Å². The molecule has 25 heavy (non-hydrogen) atoms. The summed E-state index contributed by atoms with van der Waals surface area (Å²) in [5.41, 5.74) is 0.711. The van der Waals surface area contributed by atoms with Crippen LogP contribution in [0.25, 0.3) is 0 Å². The quantitative estimate of drug-likeness (QED) is 0.714. The van der Waals surface area contributed by atoms with E-state index in [2.05, 4.69) is 18.7 Å². The Kier molecular flexibility index (Phi) is 6.26. The maximum Gasteiger partial charge on any atom is 0.166 e. The minimum atomic E-state index is -0.435. The van der Waals surface area contributed by atoms with Gasteiger partial charge in [-0.2, -0.15) is 0 Å². The first-order valence-corrected chi connectivity index (χ1v) is 9.28. The number of ketones is 1.